The number of aryl methyl sites for hydroxylation is 2. The Morgan fingerprint density at radius 3 is 2.78 bits per heavy atom. The first-order chi connectivity index (χ1) is 8.65. The van der Waals surface area contributed by atoms with Crippen molar-refractivity contribution in [3.05, 3.63) is 18.0 Å². The van der Waals surface area contributed by atoms with Crippen LogP contribution in [0.5, 0.6) is 0 Å². The highest BCUT2D eigenvalue weighted by molar-refractivity contribution is 5.00. The maximum absolute atomic E-state index is 4.24. The van der Waals surface area contributed by atoms with Gasteiger partial charge in [0.15, 0.2) is 0 Å². The van der Waals surface area contributed by atoms with E-state index >= 15 is 0 Å². The summed E-state index contributed by atoms with van der Waals surface area (Å²) in [5.74, 6) is 1.60. The number of nitrogens with one attached hydrogen (secondary N) is 1. The van der Waals surface area contributed by atoms with Gasteiger partial charge in [-0.05, 0) is 56.6 Å². The third-order valence-electron chi connectivity index (χ3n) is 3.81. The van der Waals surface area contributed by atoms with Crippen molar-refractivity contribution in [3.63, 3.8) is 0 Å². The lowest BCUT2D eigenvalue weighted by molar-refractivity contribution is 0.363. The molecule has 18 heavy (non-hydrogen) atoms. The molecule has 1 aliphatic carbocycles. The molecule has 0 aliphatic heterocycles. The Balaban J connectivity index is 1.77. The molecule has 0 radical (unpaired) electrons. The molecule has 1 aliphatic rings. The molecule has 1 aromatic rings. The fourth-order valence-electron chi connectivity index (χ4n) is 2.59. The van der Waals surface area contributed by atoms with Crippen molar-refractivity contribution < 1.29 is 0 Å². The second kappa shape index (κ2) is 6.37. The Morgan fingerprint density at radius 2 is 2.22 bits per heavy atom. The van der Waals surface area contributed by atoms with Gasteiger partial charge in [-0.1, -0.05) is 13.8 Å². The zero-order chi connectivity index (χ0) is 13.0. The predicted molar refractivity (Wildman–Crippen MR) is 75.5 cm³/mol. The summed E-state index contributed by atoms with van der Waals surface area (Å²) < 4.78 is 2.00. The maximum atomic E-state index is 4.24. The standard InChI is InChI=1S/C15H27N3/c1-12(2)10-13(11-16-14-5-6-14)4-7-15-8-9-17-18(15)3/h8-9,12-14,16H,4-7,10-11H2,1-3H3. The van der Waals surface area contributed by atoms with Gasteiger partial charge < -0.3 is 5.32 Å². The Morgan fingerprint density at radius 1 is 1.44 bits per heavy atom. The van der Waals surface area contributed by atoms with Gasteiger partial charge in [-0.15, -0.1) is 0 Å². The molecule has 2 rings (SSSR count). The average molecular weight is 249 g/mol. The van der Waals surface area contributed by atoms with Crippen LogP contribution in [0.25, 0.3) is 0 Å². The monoisotopic (exact) mass is 249 g/mol. The van der Waals surface area contributed by atoms with Gasteiger partial charge in [0, 0.05) is 25.0 Å². The molecule has 0 saturated heterocycles. The van der Waals surface area contributed by atoms with E-state index in [4.69, 9.17) is 0 Å². The lowest BCUT2D eigenvalue weighted by Gasteiger charge is -2.19. The van der Waals surface area contributed by atoms with E-state index in [-0.39, 0.29) is 0 Å². The molecule has 1 heterocycles. The molecule has 1 unspecified atom stereocenters. The van der Waals surface area contributed by atoms with Crippen LogP contribution in [-0.2, 0) is 13.5 Å². The maximum Gasteiger partial charge on any atom is 0.0492 e. The van der Waals surface area contributed by atoms with E-state index in [1.807, 2.05) is 17.9 Å². The third kappa shape index (κ3) is 4.45. The molecule has 102 valence electrons. The topological polar surface area (TPSA) is 29.9 Å². The molecule has 1 aromatic heterocycles. The van der Waals surface area contributed by atoms with Gasteiger partial charge >= 0.3 is 0 Å². The van der Waals surface area contributed by atoms with Crippen LogP contribution in [-0.4, -0.2) is 22.4 Å². The van der Waals surface area contributed by atoms with Crippen molar-refractivity contribution in [2.75, 3.05) is 6.54 Å². The van der Waals surface area contributed by atoms with E-state index in [0.717, 1.165) is 24.3 Å². The molecule has 1 saturated carbocycles. The van der Waals surface area contributed by atoms with Crippen LogP contribution in [0.1, 0.15) is 45.2 Å². The van der Waals surface area contributed by atoms with Crippen molar-refractivity contribution in [2.24, 2.45) is 18.9 Å². The lowest BCUT2D eigenvalue weighted by atomic mass is 9.92. The van der Waals surface area contributed by atoms with Crippen molar-refractivity contribution in [1.29, 1.82) is 0 Å². The van der Waals surface area contributed by atoms with Crippen LogP contribution in [0.3, 0.4) is 0 Å². The van der Waals surface area contributed by atoms with Gasteiger partial charge in [-0.2, -0.15) is 5.10 Å². The quantitative estimate of drug-likeness (QED) is 0.768. The van der Waals surface area contributed by atoms with Crippen molar-refractivity contribution >= 4 is 0 Å². The highest BCUT2D eigenvalue weighted by Crippen LogP contribution is 2.22. The van der Waals surface area contributed by atoms with Crippen LogP contribution in [0.2, 0.25) is 0 Å². The van der Waals surface area contributed by atoms with E-state index in [0.29, 0.717) is 0 Å². The fraction of sp³-hybridized carbons (Fsp3) is 0.800. The molecule has 3 nitrogen and oxygen atoms in total. The SMILES string of the molecule is CC(C)CC(CCc1ccnn1C)CNC1CC1. The van der Waals surface area contributed by atoms with Gasteiger partial charge in [0.25, 0.3) is 0 Å². The largest absolute Gasteiger partial charge is 0.314 e. The average Bonchev–Trinajstić information content (AvgIpc) is 3.05. The summed E-state index contributed by atoms with van der Waals surface area (Å²) in [6.45, 7) is 5.85. The first-order valence-electron chi connectivity index (χ1n) is 7.35. The molecule has 0 spiro atoms. The summed E-state index contributed by atoms with van der Waals surface area (Å²) in [6.07, 6.45) is 8.43. The molecule has 0 aromatic carbocycles. The normalized spacial score (nSPS) is 17.3. The molecule has 0 amide bonds. The molecular weight excluding hydrogens is 222 g/mol. The number of hydrogen-bond acceptors (Lipinski definition) is 2. The second-order valence-corrected chi connectivity index (χ2v) is 6.16. The Kier molecular flexibility index (Phi) is 4.81. The van der Waals surface area contributed by atoms with Gasteiger partial charge in [0.2, 0.25) is 0 Å². The lowest BCUT2D eigenvalue weighted by Crippen LogP contribution is -2.26. The van der Waals surface area contributed by atoms with Gasteiger partial charge in [-0.25, -0.2) is 0 Å². The van der Waals surface area contributed by atoms with E-state index < -0.39 is 0 Å². The van der Waals surface area contributed by atoms with Crippen molar-refractivity contribution in [3.8, 4) is 0 Å². The minimum atomic E-state index is 0.794. The van der Waals surface area contributed by atoms with E-state index in [1.165, 1.54) is 37.9 Å². The number of aromatic nitrogens is 2. The van der Waals surface area contributed by atoms with Crippen LogP contribution in [0, 0.1) is 11.8 Å². The van der Waals surface area contributed by atoms with Gasteiger partial charge in [0.1, 0.15) is 0 Å². The first-order valence-corrected chi connectivity index (χ1v) is 7.35. The number of rotatable bonds is 8. The zero-order valence-electron chi connectivity index (χ0n) is 12.0. The minimum absolute atomic E-state index is 0.794. The summed E-state index contributed by atoms with van der Waals surface area (Å²) >= 11 is 0. The highest BCUT2D eigenvalue weighted by atomic mass is 15.2. The van der Waals surface area contributed by atoms with Crippen LogP contribution < -0.4 is 5.32 Å². The molecule has 3 heteroatoms. The Hall–Kier alpha value is -0.830. The summed E-state index contributed by atoms with van der Waals surface area (Å²) in [4.78, 5) is 0. The summed E-state index contributed by atoms with van der Waals surface area (Å²) in [5.41, 5.74) is 1.36. The van der Waals surface area contributed by atoms with Gasteiger partial charge in [0.05, 0.1) is 0 Å². The van der Waals surface area contributed by atoms with Crippen molar-refractivity contribution in [2.45, 2.75) is 52.0 Å². The smallest absolute Gasteiger partial charge is 0.0492 e. The van der Waals surface area contributed by atoms with E-state index in [2.05, 4.69) is 30.3 Å². The van der Waals surface area contributed by atoms with E-state index in [9.17, 15) is 0 Å². The Labute approximate surface area is 111 Å². The molecular formula is C15H27N3. The number of nitrogens with zero attached hydrogens (tertiary/aromatic N) is 2. The second-order valence-electron chi connectivity index (χ2n) is 6.16. The molecule has 1 atom stereocenters. The summed E-state index contributed by atoms with van der Waals surface area (Å²) in [6, 6.07) is 2.97. The molecule has 1 N–H and O–H groups in total. The summed E-state index contributed by atoms with van der Waals surface area (Å²) in [7, 11) is 2.04. The van der Waals surface area contributed by atoms with Crippen LogP contribution >= 0.6 is 0 Å². The first kappa shape index (κ1) is 13.6. The van der Waals surface area contributed by atoms with Crippen molar-refractivity contribution in [1.82, 2.24) is 15.1 Å². The van der Waals surface area contributed by atoms with Crippen LogP contribution in [0.15, 0.2) is 12.3 Å². The summed E-state index contributed by atoms with van der Waals surface area (Å²) in [5, 5.41) is 7.93. The fourth-order valence-corrected chi connectivity index (χ4v) is 2.59. The highest BCUT2D eigenvalue weighted by Gasteiger charge is 2.22. The van der Waals surface area contributed by atoms with Crippen LogP contribution in [0.4, 0.5) is 0 Å². The number of hydrogen-bond donors (Lipinski definition) is 1. The zero-order valence-corrected chi connectivity index (χ0v) is 12.0. The third-order valence-corrected chi connectivity index (χ3v) is 3.81. The predicted octanol–water partition coefficient (Wildman–Crippen LogP) is 2.77. The minimum Gasteiger partial charge on any atom is -0.314 e. The van der Waals surface area contributed by atoms with E-state index in [1.54, 1.807) is 0 Å². The molecule has 0 bridgehead atoms. The van der Waals surface area contributed by atoms with Gasteiger partial charge in [-0.3, -0.25) is 4.68 Å². The Bertz CT molecular complexity index is 352. The molecule has 1 fully saturated rings.